The number of nitrogens with zero attached hydrogens (tertiary/aromatic N) is 1. The second-order valence-electron chi connectivity index (χ2n) is 6.47. The molecule has 1 aromatic rings. The summed E-state index contributed by atoms with van der Waals surface area (Å²) in [7, 11) is -2.03. The Morgan fingerprint density at radius 3 is 2.48 bits per heavy atom. The van der Waals surface area contributed by atoms with Gasteiger partial charge in [0.1, 0.15) is 0 Å². The zero-order valence-corrected chi connectivity index (χ0v) is 15.6. The summed E-state index contributed by atoms with van der Waals surface area (Å²) in [5.41, 5.74) is 1.97. The third-order valence-electron chi connectivity index (χ3n) is 4.35. The van der Waals surface area contributed by atoms with E-state index < -0.39 is 15.9 Å². The molecule has 1 fully saturated rings. The van der Waals surface area contributed by atoms with Gasteiger partial charge in [0.05, 0.1) is 11.7 Å². The average Bonchev–Trinajstić information content (AvgIpc) is 2.96. The molecule has 25 heavy (non-hydrogen) atoms. The second-order valence-corrected chi connectivity index (χ2v) is 8.51. The molecule has 7 nitrogen and oxygen atoms in total. The van der Waals surface area contributed by atoms with Crippen LogP contribution in [0.2, 0.25) is 0 Å². The van der Waals surface area contributed by atoms with Crippen LogP contribution in [0.3, 0.4) is 0 Å². The highest BCUT2D eigenvalue weighted by molar-refractivity contribution is 7.89. The molecule has 1 saturated heterocycles. The molecule has 138 valence electrons. The van der Waals surface area contributed by atoms with E-state index in [9.17, 15) is 18.0 Å². The highest BCUT2D eigenvalue weighted by Gasteiger charge is 2.35. The number of hydrogen-bond donors (Lipinski definition) is 2. The van der Waals surface area contributed by atoms with Gasteiger partial charge in [-0.3, -0.25) is 9.59 Å². The van der Waals surface area contributed by atoms with Crippen molar-refractivity contribution >= 4 is 27.5 Å². The Kier molecular flexibility index (Phi) is 6.18. The van der Waals surface area contributed by atoms with Crippen LogP contribution in [-0.4, -0.2) is 46.1 Å². The fraction of sp³-hybridized carbons (Fsp3) is 0.529. The van der Waals surface area contributed by atoms with Crippen molar-refractivity contribution in [1.29, 1.82) is 0 Å². The SMILES string of the molecule is CNS(=O)(=O)CCNC(=O)[C@H]1CC(=O)N(c2ccc(C(C)C)cc2)C1. The number of nitrogens with one attached hydrogen (secondary N) is 2. The minimum absolute atomic E-state index is 0.0236. The van der Waals surface area contributed by atoms with Crippen molar-refractivity contribution in [3.8, 4) is 0 Å². The lowest BCUT2D eigenvalue weighted by Crippen LogP contribution is -2.37. The largest absolute Gasteiger partial charge is 0.355 e. The number of rotatable bonds is 7. The van der Waals surface area contributed by atoms with E-state index >= 15 is 0 Å². The molecule has 0 spiro atoms. The van der Waals surface area contributed by atoms with Gasteiger partial charge in [0.25, 0.3) is 0 Å². The van der Waals surface area contributed by atoms with Crippen LogP contribution in [0, 0.1) is 5.92 Å². The minimum Gasteiger partial charge on any atom is -0.355 e. The molecule has 0 unspecified atom stereocenters. The minimum atomic E-state index is -3.36. The first-order chi connectivity index (χ1) is 11.7. The van der Waals surface area contributed by atoms with Crippen molar-refractivity contribution in [1.82, 2.24) is 10.0 Å². The Morgan fingerprint density at radius 1 is 1.28 bits per heavy atom. The molecule has 0 bridgehead atoms. The molecular weight excluding hydrogens is 342 g/mol. The van der Waals surface area contributed by atoms with Crippen molar-refractivity contribution < 1.29 is 18.0 Å². The molecule has 0 aliphatic carbocycles. The summed E-state index contributed by atoms with van der Waals surface area (Å²) in [6, 6.07) is 7.77. The van der Waals surface area contributed by atoms with Crippen LogP contribution in [0.4, 0.5) is 5.69 Å². The molecule has 0 aromatic heterocycles. The molecule has 8 heteroatoms. The molecule has 1 atom stereocenters. The van der Waals surface area contributed by atoms with E-state index in [2.05, 4.69) is 23.9 Å². The van der Waals surface area contributed by atoms with E-state index in [1.165, 1.54) is 12.6 Å². The van der Waals surface area contributed by atoms with Gasteiger partial charge in [-0.15, -0.1) is 0 Å². The third-order valence-corrected chi connectivity index (χ3v) is 5.71. The van der Waals surface area contributed by atoms with Crippen LogP contribution in [0.5, 0.6) is 0 Å². The highest BCUT2D eigenvalue weighted by atomic mass is 32.2. The summed E-state index contributed by atoms with van der Waals surface area (Å²) < 4.78 is 24.9. The summed E-state index contributed by atoms with van der Waals surface area (Å²) in [6.45, 7) is 4.54. The first-order valence-corrected chi connectivity index (χ1v) is 9.98. The Labute approximate surface area is 148 Å². The fourth-order valence-electron chi connectivity index (χ4n) is 2.73. The molecule has 2 amide bonds. The number of hydrogen-bond acceptors (Lipinski definition) is 4. The molecule has 0 saturated carbocycles. The number of carbonyl (C=O) groups excluding carboxylic acids is 2. The van der Waals surface area contributed by atoms with Gasteiger partial charge < -0.3 is 10.2 Å². The van der Waals surface area contributed by atoms with Crippen molar-refractivity contribution in [2.24, 2.45) is 5.92 Å². The van der Waals surface area contributed by atoms with Crippen molar-refractivity contribution in [3.63, 3.8) is 0 Å². The lowest BCUT2D eigenvalue weighted by atomic mass is 10.0. The van der Waals surface area contributed by atoms with E-state index in [0.29, 0.717) is 12.5 Å². The van der Waals surface area contributed by atoms with Gasteiger partial charge in [0.2, 0.25) is 21.8 Å². The number of anilines is 1. The Balaban J connectivity index is 1.94. The molecule has 0 radical (unpaired) electrons. The van der Waals surface area contributed by atoms with E-state index in [1.54, 1.807) is 4.90 Å². The van der Waals surface area contributed by atoms with Gasteiger partial charge >= 0.3 is 0 Å². The molecule has 1 aromatic carbocycles. The van der Waals surface area contributed by atoms with Crippen LogP contribution in [0.1, 0.15) is 31.7 Å². The van der Waals surface area contributed by atoms with Crippen LogP contribution >= 0.6 is 0 Å². The average molecular weight is 367 g/mol. The summed E-state index contributed by atoms with van der Waals surface area (Å²) in [4.78, 5) is 26.0. The topological polar surface area (TPSA) is 95.6 Å². The Morgan fingerprint density at radius 2 is 1.92 bits per heavy atom. The van der Waals surface area contributed by atoms with Gasteiger partial charge in [0.15, 0.2) is 0 Å². The lowest BCUT2D eigenvalue weighted by Gasteiger charge is -2.17. The van der Waals surface area contributed by atoms with Crippen LogP contribution in [-0.2, 0) is 19.6 Å². The molecule has 1 heterocycles. The molecular formula is C17H25N3O4S. The van der Waals surface area contributed by atoms with E-state index in [4.69, 9.17) is 0 Å². The summed E-state index contributed by atoms with van der Waals surface area (Å²) in [5, 5.41) is 2.59. The van der Waals surface area contributed by atoms with Crippen LogP contribution in [0.25, 0.3) is 0 Å². The maximum atomic E-state index is 12.2. The maximum Gasteiger partial charge on any atom is 0.227 e. The van der Waals surface area contributed by atoms with Crippen molar-refractivity contribution in [2.45, 2.75) is 26.2 Å². The lowest BCUT2D eigenvalue weighted by molar-refractivity contribution is -0.126. The third kappa shape index (κ3) is 5.02. The quantitative estimate of drug-likeness (QED) is 0.746. The highest BCUT2D eigenvalue weighted by Crippen LogP contribution is 2.26. The van der Waals surface area contributed by atoms with Gasteiger partial charge in [-0.05, 0) is 30.7 Å². The zero-order valence-electron chi connectivity index (χ0n) is 14.8. The molecule has 1 aliphatic heterocycles. The number of benzene rings is 1. The van der Waals surface area contributed by atoms with Crippen molar-refractivity contribution in [2.75, 3.05) is 30.8 Å². The zero-order chi connectivity index (χ0) is 18.6. The number of amides is 2. The molecule has 1 aliphatic rings. The first-order valence-electron chi connectivity index (χ1n) is 8.32. The van der Waals surface area contributed by atoms with E-state index in [1.807, 2.05) is 24.3 Å². The van der Waals surface area contributed by atoms with E-state index in [0.717, 1.165) is 5.69 Å². The van der Waals surface area contributed by atoms with Crippen molar-refractivity contribution in [3.05, 3.63) is 29.8 Å². The summed E-state index contributed by atoms with van der Waals surface area (Å²) in [6.07, 6.45) is 0.135. The fourth-order valence-corrected chi connectivity index (χ4v) is 3.30. The number of carbonyl (C=O) groups is 2. The van der Waals surface area contributed by atoms with Gasteiger partial charge in [-0.1, -0.05) is 26.0 Å². The smallest absolute Gasteiger partial charge is 0.227 e. The van der Waals surface area contributed by atoms with Crippen LogP contribution in [0.15, 0.2) is 24.3 Å². The Hall–Kier alpha value is -1.93. The standard InChI is InChI=1S/C17H25N3O4S/c1-12(2)13-4-6-15(7-5-13)20-11-14(10-16(20)21)17(22)19-8-9-25(23,24)18-3/h4-7,12,14,18H,8-11H2,1-3H3,(H,19,22)/t14-/m0/s1. The van der Waals surface area contributed by atoms with E-state index in [-0.39, 0.29) is 30.5 Å². The first kappa shape index (κ1) is 19.4. The maximum absolute atomic E-state index is 12.2. The predicted octanol–water partition coefficient (Wildman–Crippen LogP) is 0.828. The van der Waals surface area contributed by atoms with Crippen LogP contribution < -0.4 is 14.9 Å². The second kappa shape index (κ2) is 7.97. The number of sulfonamides is 1. The van der Waals surface area contributed by atoms with Gasteiger partial charge in [0, 0.05) is 25.2 Å². The normalized spacial score (nSPS) is 18.0. The summed E-state index contributed by atoms with van der Waals surface area (Å²) in [5.74, 6) is -0.623. The monoisotopic (exact) mass is 367 g/mol. The predicted molar refractivity (Wildman–Crippen MR) is 96.8 cm³/mol. The molecule has 2 rings (SSSR count). The molecule has 2 N–H and O–H groups in total. The van der Waals surface area contributed by atoms with Gasteiger partial charge in [-0.25, -0.2) is 13.1 Å². The summed E-state index contributed by atoms with van der Waals surface area (Å²) >= 11 is 0. The Bertz CT molecular complexity index is 729. The van der Waals surface area contributed by atoms with Gasteiger partial charge in [-0.2, -0.15) is 0 Å².